The lowest BCUT2D eigenvalue weighted by Gasteiger charge is -1.99. The van der Waals surface area contributed by atoms with Crippen LogP contribution in [0.5, 0.6) is 0 Å². The zero-order chi connectivity index (χ0) is 9.97. The Labute approximate surface area is 90.9 Å². The van der Waals surface area contributed by atoms with Gasteiger partial charge in [0, 0.05) is 16.9 Å². The zero-order valence-corrected chi connectivity index (χ0v) is 9.40. The Morgan fingerprint density at radius 3 is 2.86 bits per heavy atom. The van der Waals surface area contributed by atoms with Gasteiger partial charge in [0.05, 0.1) is 18.1 Å². The molecule has 0 N–H and O–H groups in total. The maximum atomic E-state index is 4.25. The van der Waals surface area contributed by atoms with Crippen molar-refractivity contribution < 1.29 is 0 Å². The number of hydrogen-bond acceptors (Lipinski definition) is 2. The molecule has 0 radical (unpaired) electrons. The Hall–Kier alpha value is -1.16. The van der Waals surface area contributed by atoms with Crippen LogP contribution in [0.3, 0.4) is 0 Å². The molecular formula is C10H10BrN3. The van der Waals surface area contributed by atoms with Gasteiger partial charge in [0.2, 0.25) is 0 Å². The molecule has 0 aliphatic carbocycles. The van der Waals surface area contributed by atoms with Gasteiger partial charge >= 0.3 is 0 Å². The van der Waals surface area contributed by atoms with Crippen LogP contribution in [-0.2, 0) is 6.42 Å². The van der Waals surface area contributed by atoms with E-state index in [9.17, 15) is 0 Å². The van der Waals surface area contributed by atoms with Crippen molar-refractivity contribution >= 4 is 15.9 Å². The molecule has 72 valence electrons. The Bertz CT molecular complexity index is 436. The SMILES string of the molecule is CCc1cnn(-c2cncc(Br)c2)c1. The molecule has 2 rings (SSSR count). The highest BCUT2D eigenvalue weighted by Crippen LogP contribution is 2.13. The molecule has 4 heteroatoms. The third-order valence-corrected chi connectivity index (χ3v) is 2.43. The Morgan fingerprint density at radius 1 is 1.36 bits per heavy atom. The molecule has 3 nitrogen and oxygen atoms in total. The molecule has 0 saturated heterocycles. The normalized spacial score (nSPS) is 10.4. The summed E-state index contributed by atoms with van der Waals surface area (Å²) in [5, 5.41) is 4.25. The summed E-state index contributed by atoms with van der Waals surface area (Å²) in [7, 11) is 0. The van der Waals surface area contributed by atoms with Gasteiger partial charge in [0.1, 0.15) is 0 Å². The van der Waals surface area contributed by atoms with Crippen molar-refractivity contribution in [2.75, 3.05) is 0 Å². The number of halogens is 1. The van der Waals surface area contributed by atoms with Crippen LogP contribution in [0.15, 0.2) is 35.3 Å². The first kappa shape index (κ1) is 9.40. The summed E-state index contributed by atoms with van der Waals surface area (Å²) in [4.78, 5) is 4.09. The number of nitrogens with zero attached hydrogens (tertiary/aromatic N) is 3. The van der Waals surface area contributed by atoms with Gasteiger partial charge in [-0.05, 0) is 34.0 Å². The van der Waals surface area contributed by atoms with Crippen molar-refractivity contribution in [3.05, 3.63) is 40.9 Å². The fourth-order valence-electron chi connectivity index (χ4n) is 1.21. The van der Waals surface area contributed by atoms with Crippen LogP contribution in [0.25, 0.3) is 5.69 Å². The number of rotatable bonds is 2. The number of hydrogen-bond donors (Lipinski definition) is 0. The van der Waals surface area contributed by atoms with Gasteiger partial charge in [0.15, 0.2) is 0 Å². The zero-order valence-electron chi connectivity index (χ0n) is 7.81. The first-order valence-electron chi connectivity index (χ1n) is 4.44. The third-order valence-electron chi connectivity index (χ3n) is 2.00. The lowest BCUT2D eigenvalue weighted by molar-refractivity contribution is 0.872. The van der Waals surface area contributed by atoms with E-state index < -0.39 is 0 Å². The lowest BCUT2D eigenvalue weighted by atomic mass is 10.3. The van der Waals surface area contributed by atoms with E-state index in [1.54, 1.807) is 12.4 Å². The van der Waals surface area contributed by atoms with Crippen LogP contribution in [-0.4, -0.2) is 14.8 Å². The molecule has 0 fully saturated rings. The van der Waals surface area contributed by atoms with Crippen molar-refractivity contribution in [2.24, 2.45) is 0 Å². The second kappa shape index (κ2) is 3.92. The van der Waals surface area contributed by atoms with Gasteiger partial charge in [-0.2, -0.15) is 5.10 Å². The van der Waals surface area contributed by atoms with E-state index in [1.807, 2.05) is 23.1 Å². The van der Waals surface area contributed by atoms with Crippen molar-refractivity contribution in [2.45, 2.75) is 13.3 Å². The van der Waals surface area contributed by atoms with Crippen LogP contribution < -0.4 is 0 Å². The first-order valence-corrected chi connectivity index (χ1v) is 5.23. The van der Waals surface area contributed by atoms with Gasteiger partial charge < -0.3 is 0 Å². The summed E-state index contributed by atoms with van der Waals surface area (Å²) in [5.41, 5.74) is 2.20. The average Bonchev–Trinajstić information content (AvgIpc) is 2.66. The molecule has 0 aliphatic rings. The Balaban J connectivity index is 2.39. The molecule has 0 atom stereocenters. The average molecular weight is 252 g/mol. The molecule has 2 aromatic heterocycles. The first-order chi connectivity index (χ1) is 6.79. The molecule has 0 spiro atoms. The summed E-state index contributed by atoms with van der Waals surface area (Å²) in [6, 6.07) is 1.99. The van der Waals surface area contributed by atoms with Crippen LogP contribution in [0, 0.1) is 0 Å². The third kappa shape index (κ3) is 1.85. The van der Waals surface area contributed by atoms with Crippen molar-refractivity contribution in [3.8, 4) is 5.69 Å². The van der Waals surface area contributed by atoms with Gasteiger partial charge in [0.25, 0.3) is 0 Å². The summed E-state index contributed by atoms with van der Waals surface area (Å²) in [5.74, 6) is 0. The highest BCUT2D eigenvalue weighted by atomic mass is 79.9. The Kier molecular flexibility index (Phi) is 2.63. The smallest absolute Gasteiger partial charge is 0.0840 e. The van der Waals surface area contributed by atoms with Gasteiger partial charge in [-0.25, -0.2) is 4.68 Å². The maximum Gasteiger partial charge on any atom is 0.0840 e. The molecule has 0 bridgehead atoms. The Morgan fingerprint density at radius 2 is 2.21 bits per heavy atom. The van der Waals surface area contributed by atoms with E-state index in [4.69, 9.17) is 0 Å². The molecule has 0 amide bonds. The van der Waals surface area contributed by atoms with Crippen LogP contribution in [0.1, 0.15) is 12.5 Å². The van der Waals surface area contributed by atoms with Gasteiger partial charge in [-0.1, -0.05) is 6.92 Å². The second-order valence-electron chi connectivity index (χ2n) is 3.01. The van der Waals surface area contributed by atoms with E-state index >= 15 is 0 Å². The minimum Gasteiger partial charge on any atom is -0.261 e. The van der Waals surface area contributed by atoms with Crippen molar-refractivity contribution in [1.29, 1.82) is 0 Å². The fourth-order valence-corrected chi connectivity index (χ4v) is 1.56. The highest BCUT2D eigenvalue weighted by Gasteiger charge is 1.99. The molecule has 0 saturated carbocycles. The van der Waals surface area contributed by atoms with E-state index in [-0.39, 0.29) is 0 Å². The number of aryl methyl sites for hydroxylation is 1. The number of pyridine rings is 1. The number of aromatic nitrogens is 3. The predicted octanol–water partition coefficient (Wildman–Crippen LogP) is 2.59. The molecule has 2 heterocycles. The standard InChI is InChI=1S/C10H10BrN3/c1-2-8-4-13-14(7-8)10-3-9(11)5-12-6-10/h3-7H,2H2,1H3. The van der Waals surface area contributed by atoms with Crippen LogP contribution in [0.4, 0.5) is 0 Å². The quantitative estimate of drug-likeness (QED) is 0.822. The second-order valence-corrected chi connectivity index (χ2v) is 3.92. The van der Waals surface area contributed by atoms with Crippen LogP contribution >= 0.6 is 15.9 Å². The van der Waals surface area contributed by atoms with E-state index in [1.165, 1.54) is 5.56 Å². The molecular weight excluding hydrogens is 242 g/mol. The summed E-state index contributed by atoms with van der Waals surface area (Å²) < 4.78 is 2.79. The molecule has 14 heavy (non-hydrogen) atoms. The minimum absolute atomic E-state index is 0.962. The summed E-state index contributed by atoms with van der Waals surface area (Å²) in [6.45, 7) is 2.11. The molecule has 0 aliphatic heterocycles. The van der Waals surface area contributed by atoms with Crippen molar-refractivity contribution in [3.63, 3.8) is 0 Å². The van der Waals surface area contributed by atoms with E-state index in [0.29, 0.717) is 0 Å². The predicted molar refractivity (Wildman–Crippen MR) is 58.4 cm³/mol. The summed E-state index contributed by atoms with van der Waals surface area (Å²) >= 11 is 3.38. The lowest BCUT2D eigenvalue weighted by Crippen LogP contribution is -1.94. The monoisotopic (exact) mass is 251 g/mol. The van der Waals surface area contributed by atoms with Gasteiger partial charge in [-0.15, -0.1) is 0 Å². The minimum atomic E-state index is 0.962. The highest BCUT2D eigenvalue weighted by molar-refractivity contribution is 9.10. The molecule has 0 unspecified atom stereocenters. The van der Waals surface area contributed by atoms with Crippen molar-refractivity contribution in [1.82, 2.24) is 14.8 Å². The van der Waals surface area contributed by atoms with Gasteiger partial charge in [-0.3, -0.25) is 4.98 Å². The fraction of sp³-hybridized carbons (Fsp3) is 0.200. The topological polar surface area (TPSA) is 30.7 Å². The molecule has 2 aromatic rings. The van der Waals surface area contributed by atoms with E-state index in [0.717, 1.165) is 16.6 Å². The largest absolute Gasteiger partial charge is 0.261 e. The molecule has 0 aromatic carbocycles. The summed E-state index contributed by atoms with van der Waals surface area (Å²) in [6.07, 6.45) is 8.44. The van der Waals surface area contributed by atoms with Crippen LogP contribution in [0.2, 0.25) is 0 Å². The maximum absolute atomic E-state index is 4.25. The van der Waals surface area contributed by atoms with E-state index in [2.05, 4.69) is 32.9 Å².